The van der Waals surface area contributed by atoms with Crippen molar-refractivity contribution in [1.29, 1.82) is 0 Å². The summed E-state index contributed by atoms with van der Waals surface area (Å²) in [5, 5.41) is 0. The van der Waals surface area contributed by atoms with Crippen LogP contribution < -0.4 is 5.73 Å². The number of rotatable bonds is 2. The van der Waals surface area contributed by atoms with Gasteiger partial charge in [0.25, 0.3) is 5.91 Å². The highest BCUT2D eigenvalue weighted by Gasteiger charge is 2.24. The number of hydrogen-bond donors (Lipinski definition) is 1. The lowest BCUT2D eigenvalue weighted by atomic mass is 9.98. The van der Waals surface area contributed by atoms with E-state index in [0.717, 1.165) is 30.8 Å². The average molecular weight is 289 g/mol. The third kappa shape index (κ3) is 3.25. The predicted octanol–water partition coefficient (Wildman–Crippen LogP) is 2.60. The fraction of sp³-hybridized carbons (Fsp3) is 0.615. The second-order valence-corrected chi connectivity index (χ2v) is 6.10. The smallest absolute Gasteiger partial charge is 0.263 e. The van der Waals surface area contributed by atoms with Crippen LogP contribution in [0.2, 0.25) is 0 Å². The number of amides is 1. The van der Waals surface area contributed by atoms with Crippen molar-refractivity contribution in [3.05, 3.63) is 21.4 Å². The minimum atomic E-state index is 0. The Bertz CT molecular complexity index is 400. The van der Waals surface area contributed by atoms with E-state index >= 15 is 0 Å². The second-order valence-electron chi connectivity index (χ2n) is 4.84. The molecule has 0 saturated carbocycles. The molecule has 18 heavy (non-hydrogen) atoms. The summed E-state index contributed by atoms with van der Waals surface area (Å²) in [7, 11) is 0. The maximum absolute atomic E-state index is 12.3. The molecule has 102 valence electrons. The van der Waals surface area contributed by atoms with Crippen LogP contribution in [0, 0.1) is 19.8 Å². The summed E-state index contributed by atoms with van der Waals surface area (Å²) in [6.07, 6.45) is 2.24. The summed E-state index contributed by atoms with van der Waals surface area (Å²) < 4.78 is 0. The molecule has 2 rings (SSSR count). The molecule has 1 saturated heterocycles. The number of halogens is 1. The van der Waals surface area contributed by atoms with Crippen molar-refractivity contribution in [3.8, 4) is 0 Å². The van der Waals surface area contributed by atoms with Crippen molar-refractivity contribution < 1.29 is 4.79 Å². The molecule has 3 nitrogen and oxygen atoms in total. The second kappa shape index (κ2) is 6.55. The molecule has 0 spiro atoms. The Kier molecular flexibility index (Phi) is 5.63. The molecule has 1 atom stereocenters. The summed E-state index contributed by atoms with van der Waals surface area (Å²) >= 11 is 1.60. The molecule has 0 bridgehead atoms. The normalized spacial score (nSPS) is 19.5. The van der Waals surface area contributed by atoms with Gasteiger partial charge < -0.3 is 10.6 Å². The van der Waals surface area contributed by atoms with Gasteiger partial charge in [-0.25, -0.2) is 0 Å². The molecular weight excluding hydrogens is 268 g/mol. The number of carbonyl (C=O) groups excluding carboxylic acids is 1. The first kappa shape index (κ1) is 15.5. The van der Waals surface area contributed by atoms with Crippen LogP contribution in [0.15, 0.2) is 6.07 Å². The third-order valence-electron chi connectivity index (χ3n) is 3.52. The van der Waals surface area contributed by atoms with E-state index in [2.05, 4.69) is 13.8 Å². The minimum absolute atomic E-state index is 0. The molecule has 1 aliphatic rings. The Labute approximate surface area is 119 Å². The van der Waals surface area contributed by atoms with E-state index in [9.17, 15) is 4.79 Å². The quantitative estimate of drug-likeness (QED) is 0.909. The molecular formula is C13H21ClN2OS. The van der Waals surface area contributed by atoms with Gasteiger partial charge in [-0.3, -0.25) is 4.79 Å². The maximum atomic E-state index is 12.3. The zero-order valence-corrected chi connectivity index (χ0v) is 12.6. The van der Waals surface area contributed by atoms with Crippen LogP contribution in [0.25, 0.3) is 0 Å². The number of nitrogens with zero attached hydrogens (tertiary/aromatic N) is 1. The molecule has 1 amide bonds. The zero-order chi connectivity index (χ0) is 12.4. The molecule has 0 aliphatic carbocycles. The van der Waals surface area contributed by atoms with Gasteiger partial charge in [0.1, 0.15) is 0 Å². The summed E-state index contributed by atoms with van der Waals surface area (Å²) in [5.74, 6) is 0.666. The molecule has 1 aromatic heterocycles. The Morgan fingerprint density at radius 1 is 1.56 bits per heavy atom. The lowest BCUT2D eigenvalue weighted by Gasteiger charge is -2.31. The van der Waals surface area contributed by atoms with E-state index in [0.29, 0.717) is 12.5 Å². The van der Waals surface area contributed by atoms with Crippen molar-refractivity contribution in [2.75, 3.05) is 19.6 Å². The summed E-state index contributed by atoms with van der Waals surface area (Å²) in [6.45, 7) is 6.51. The van der Waals surface area contributed by atoms with Crippen molar-refractivity contribution in [2.24, 2.45) is 11.7 Å². The average Bonchev–Trinajstić information content (AvgIpc) is 2.69. The van der Waals surface area contributed by atoms with E-state index in [1.165, 1.54) is 10.4 Å². The van der Waals surface area contributed by atoms with Crippen molar-refractivity contribution in [1.82, 2.24) is 4.90 Å². The van der Waals surface area contributed by atoms with Gasteiger partial charge >= 0.3 is 0 Å². The molecule has 2 heterocycles. The van der Waals surface area contributed by atoms with Crippen LogP contribution in [-0.2, 0) is 0 Å². The van der Waals surface area contributed by atoms with Crippen LogP contribution in [0.3, 0.4) is 0 Å². The van der Waals surface area contributed by atoms with E-state index < -0.39 is 0 Å². The largest absolute Gasteiger partial charge is 0.338 e. The van der Waals surface area contributed by atoms with Gasteiger partial charge in [0.15, 0.2) is 0 Å². The van der Waals surface area contributed by atoms with Crippen molar-refractivity contribution in [2.45, 2.75) is 26.7 Å². The minimum Gasteiger partial charge on any atom is -0.338 e. The Balaban J connectivity index is 0.00000162. The Morgan fingerprint density at radius 3 is 2.83 bits per heavy atom. The van der Waals surface area contributed by atoms with Crippen LogP contribution in [0.5, 0.6) is 0 Å². The van der Waals surface area contributed by atoms with E-state index in [1.807, 2.05) is 11.0 Å². The van der Waals surface area contributed by atoms with Crippen LogP contribution in [-0.4, -0.2) is 30.4 Å². The summed E-state index contributed by atoms with van der Waals surface area (Å²) in [4.78, 5) is 16.4. The first-order valence-corrected chi connectivity index (χ1v) is 7.00. The molecule has 2 N–H and O–H groups in total. The number of aryl methyl sites for hydroxylation is 2. The lowest BCUT2D eigenvalue weighted by molar-refractivity contribution is 0.0683. The first-order chi connectivity index (χ1) is 8.11. The van der Waals surface area contributed by atoms with Gasteiger partial charge in [0.2, 0.25) is 0 Å². The van der Waals surface area contributed by atoms with E-state index in [4.69, 9.17) is 5.73 Å². The Hall–Kier alpha value is -0.580. The lowest BCUT2D eigenvalue weighted by Crippen LogP contribution is -2.41. The monoisotopic (exact) mass is 288 g/mol. The number of piperidine rings is 1. The van der Waals surface area contributed by atoms with Gasteiger partial charge in [0, 0.05) is 18.0 Å². The number of likely N-dealkylation sites (tertiary alicyclic amines) is 1. The highest BCUT2D eigenvalue weighted by atomic mass is 35.5. The van der Waals surface area contributed by atoms with Crippen LogP contribution >= 0.6 is 23.7 Å². The summed E-state index contributed by atoms with van der Waals surface area (Å²) in [5.41, 5.74) is 6.91. The molecule has 1 aromatic rings. The zero-order valence-electron chi connectivity index (χ0n) is 10.9. The van der Waals surface area contributed by atoms with Crippen LogP contribution in [0.1, 0.15) is 33.0 Å². The van der Waals surface area contributed by atoms with E-state index in [1.54, 1.807) is 11.3 Å². The standard InChI is InChI=1S/C13H20N2OS.ClH/c1-9-6-12(17-10(9)2)13(16)15-5-3-4-11(7-14)8-15;/h6,11H,3-5,7-8,14H2,1-2H3;1H. The third-order valence-corrected chi connectivity index (χ3v) is 4.66. The van der Waals surface area contributed by atoms with E-state index in [-0.39, 0.29) is 18.3 Å². The highest BCUT2D eigenvalue weighted by Crippen LogP contribution is 2.24. The van der Waals surface area contributed by atoms with Crippen molar-refractivity contribution in [3.63, 3.8) is 0 Å². The fourth-order valence-corrected chi connectivity index (χ4v) is 3.28. The van der Waals surface area contributed by atoms with Crippen LogP contribution in [0.4, 0.5) is 0 Å². The number of thiophene rings is 1. The molecule has 0 aromatic carbocycles. The SMILES string of the molecule is Cc1cc(C(=O)N2CCCC(CN)C2)sc1C.Cl. The molecule has 0 radical (unpaired) electrons. The Morgan fingerprint density at radius 2 is 2.28 bits per heavy atom. The van der Waals surface area contributed by atoms with Gasteiger partial charge in [-0.05, 0) is 50.8 Å². The topological polar surface area (TPSA) is 46.3 Å². The number of hydrogen-bond acceptors (Lipinski definition) is 3. The molecule has 1 fully saturated rings. The molecule has 1 unspecified atom stereocenters. The maximum Gasteiger partial charge on any atom is 0.263 e. The number of nitrogens with two attached hydrogens (primary N) is 1. The number of carbonyl (C=O) groups is 1. The summed E-state index contributed by atoms with van der Waals surface area (Å²) in [6, 6.07) is 2.01. The molecule has 5 heteroatoms. The highest BCUT2D eigenvalue weighted by molar-refractivity contribution is 7.14. The van der Waals surface area contributed by atoms with Gasteiger partial charge in [0.05, 0.1) is 4.88 Å². The van der Waals surface area contributed by atoms with Gasteiger partial charge in [-0.2, -0.15) is 0 Å². The predicted molar refractivity (Wildman–Crippen MR) is 78.7 cm³/mol. The fourth-order valence-electron chi connectivity index (χ4n) is 2.28. The van der Waals surface area contributed by atoms with Gasteiger partial charge in [-0.1, -0.05) is 0 Å². The first-order valence-electron chi connectivity index (χ1n) is 6.18. The van der Waals surface area contributed by atoms with Crippen molar-refractivity contribution >= 4 is 29.7 Å². The molecule has 1 aliphatic heterocycles. The van der Waals surface area contributed by atoms with Gasteiger partial charge in [-0.15, -0.1) is 23.7 Å².